The summed E-state index contributed by atoms with van der Waals surface area (Å²) < 4.78 is 0. The van der Waals surface area contributed by atoms with Crippen LogP contribution in [0.1, 0.15) is 114 Å². The Morgan fingerprint density at radius 2 is 1.55 bits per heavy atom. The highest BCUT2D eigenvalue weighted by atomic mass is 16.1. The highest BCUT2D eigenvalue weighted by Gasteiger charge is 2.65. The lowest BCUT2D eigenvalue weighted by molar-refractivity contribution is -0.139. The molecule has 0 spiro atoms. The second-order valence-electron chi connectivity index (χ2n) is 15.3. The molecule has 0 radical (unpaired) electrons. The minimum Gasteiger partial charge on any atom is -0.351 e. The average Bonchev–Trinajstić information content (AvgIpc) is 2.80. The molecule has 0 aromatic carbocycles. The van der Waals surface area contributed by atoms with Gasteiger partial charge in [0.15, 0.2) is 11.6 Å². The molecule has 0 saturated heterocycles. The van der Waals surface area contributed by atoms with Gasteiger partial charge in [0.25, 0.3) is 0 Å². The van der Waals surface area contributed by atoms with Crippen molar-refractivity contribution in [3.63, 3.8) is 0 Å². The number of hydrogen-bond acceptors (Lipinski definition) is 4. The van der Waals surface area contributed by atoms with Gasteiger partial charge in [0.05, 0.1) is 5.57 Å². The van der Waals surface area contributed by atoms with Crippen molar-refractivity contribution in [2.45, 2.75) is 119 Å². The number of carbonyl (C=O) groups excluding carboxylic acids is 3. The van der Waals surface area contributed by atoms with Crippen LogP contribution in [0.5, 0.6) is 0 Å². The van der Waals surface area contributed by atoms with Crippen LogP contribution in [0, 0.1) is 50.2 Å². The molecule has 208 valence electrons. The van der Waals surface area contributed by atoms with Gasteiger partial charge in [-0.2, -0.15) is 5.26 Å². The molecule has 6 atom stereocenters. The summed E-state index contributed by atoms with van der Waals surface area (Å²) in [5.41, 5.74) is -0.683. The van der Waals surface area contributed by atoms with Crippen molar-refractivity contribution in [2.75, 3.05) is 0 Å². The molecule has 0 aromatic rings. The Labute approximate surface area is 229 Å². The van der Waals surface area contributed by atoms with E-state index in [-0.39, 0.29) is 56.7 Å². The first-order chi connectivity index (χ1) is 17.4. The normalized spacial score (nSPS) is 42.3. The van der Waals surface area contributed by atoms with E-state index >= 15 is 0 Å². The first-order valence-electron chi connectivity index (χ1n) is 14.6. The molecule has 5 nitrogen and oxygen atoms in total. The van der Waals surface area contributed by atoms with E-state index < -0.39 is 10.8 Å². The van der Waals surface area contributed by atoms with Crippen molar-refractivity contribution in [3.05, 3.63) is 23.3 Å². The summed E-state index contributed by atoms with van der Waals surface area (Å²) in [6.45, 7) is 19.1. The smallest absolute Gasteiger partial charge is 0.217 e. The predicted octanol–water partition coefficient (Wildman–Crippen LogP) is 6.87. The van der Waals surface area contributed by atoms with Crippen molar-refractivity contribution < 1.29 is 14.4 Å². The SMILES string of the molecule is CC(=O)N[C@@]1(C)CCC(C)(C)CCC2C(=O)C=C3[C@@]4(C)C=C(C#N)C(=O)C(C)(C)[C@@H]4CC[C@@]3(C)[C@]2(C)CC1. The third-order valence-corrected chi connectivity index (χ3v) is 11.9. The van der Waals surface area contributed by atoms with Crippen molar-refractivity contribution in [1.29, 1.82) is 5.26 Å². The Bertz CT molecular complexity index is 1170. The molecule has 4 aliphatic rings. The van der Waals surface area contributed by atoms with Crippen LogP contribution in [-0.2, 0) is 14.4 Å². The Kier molecular flexibility index (Phi) is 6.74. The van der Waals surface area contributed by atoms with Crippen LogP contribution in [0.3, 0.4) is 0 Å². The molecule has 1 unspecified atom stereocenters. The number of carbonyl (C=O) groups is 3. The van der Waals surface area contributed by atoms with Crippen LogP contribution in [0.25, 0.3) is 0 Å². The summed E-state index contributed by atoms with van der Waals surface area (Å²) in [7, 11) is 0. The van der Waals surface area contributed by atoms with Gasteiger partial charge in [0, 0.05) is 29.2 Å². The molecule has 2 saturated carbocycles. The Balaban J connectivity index is 1.88. The van der Waals surface area contributed by atoms with Gasteiger partial charge in [0.1, 0.15) is 6.07 Å². The third kappa shape index (κ3) is 4.22. The van der Waals surface area contributed by atoms with Crippen LogP contribution < -0.4 is 5.32 Å². The number of ketones is 2. The van der Waals surface area contributed by atoms with Crippen LogP contribution >= 0.6 is 0 Å². The lowest BCUT2D eigenvalue weighted by Gasteiger charge is -2.65. The molecule has 38 heavy (non-hydrogen) atoms. The minimum atomic E-state index is -0.665. The Morgan fingerprint density at radius 3 is 2.16 bits per heavy atom. The van der Waals surface area contributed by atoms with Gasteiger partial charge in [0.2, 0.25) is 5.91 Å². The fourth-order valence-corrected chi connectivity index (χ4v) is 9.14. The van der Waals surface area contributed by atoms with Crippen LogP contribution in [0.4, 0.5) is 0 Å². The maximum absolute atomic E-state index is 14.1. The molecular formula is C33H48N2O3. The molecule has 4 rings (SSSR count). The number of nitriles is 1. The maximum Gasteiger partial charge on any atom is 0.217 e. The van der Waals surface area contributed by atoms with Gasteiger partial charge >= 0.3 is 0 Å². The van der Waals surface area contributed by atoms with E-state index in [1.807, 2.05) is 26.0 Å². The molecule has 1 amide bonds. The molecule has 4 aliphatic carbocycles. The third-order valence-electron chi connectivity index (χ3n) is 11.9. The van der Waals surface area contributed by atoms with E-state index in [4.69, 9.17) is 0 Å². The number of fused-ring (bicyclic) bond motifs is 5. The summed E-state index contributed by atoms with van der Waals surface area (Å²) in [6, 6.07) is 2.18. The largest absolute Gasteiger partial charge is 0.351 e. The monoisotopic (exact) mass is 520 g/mol. The fraction of sp³-hybridized carbons (Fsp3) is 0.758. The summed E-state index contributed by atoms with van der Waals surface area (Å²) in [4.78, 5) is 39.6. The molecule has 1 N–H and O–H groups in total. The van der Waals surface area contributed by atoms with E-state index in [1.54, 1.807) is 6.92 Å². The van der Waals surface area contributed by atoms with Gasteiger partial charge in [-0.1, -0.05) is 60.1 Å². The van der Waals surface area contributed by atoms with E-state index in [1.165, 1.54) is 0 Å². The van der Waals surface area contributed by atoms with Crippen molar-refractivity contribution in [3.8, 4) is 6.07 Å². The zero-order valence-electron chi connectivity index (χ0n) is 25.1. The number of rotatable bonds is 1. The van der Waals surface area contributed by atoms with Crippen molar-refractivity contribution in [1.82, 2.24) is 5.32 Å². The first kappa shape index (κ1) is 28.8. The zero-order valence-corrected chi connectivity index (χ0v) is 25.1. The standard InChI is InChI=1S/C33H48N2O3/c1-21(36)35-30(6)15-14-28(2,3)12-10-23-24(37)18-26-31(7)19-22(20-34)27(38)29(4,5)25(31)11-13-33(26,9)32(23,8)17-16-30/h18-19,23,25H,10-17H2,1-9H3,(H,35,36)/t23?,25-,30-,31-,32+,33+/m0/s1. The van der Waals surface area contributed by atoms with E-state index in [9.17, 15) is 19.6 Å². The van der Waals surface area contributed by atoms with Gasteiger partial charge in [-0.05, 0) is 86.5 Å². The topological polar surface area (TPSA) is 87.0 Å². The zero-order chi connectivity index (χ0) is 28.5. The van der Waals surface area contributed by atoms with Gasteiger partial charge in [-0.3, -0.25) is 14.4 Å². The lowest BCUT2D eigenvalue weighted by Crippen LogP contribution is -2.60. The number of amides is 1. The summed E-state index contributed by atoms with van der Waals surface area (Å²) in [6.07, 6.45) is 11.0. The highest BCUT2D eigenvalue weighted by Crippen LogP contribution is 2.70. The summed E-state index contributed by atoms with van der Waals surface area (Å²) in [5, 5.41) is 13.2. The predicted molar refractivity (Wildman–Crippen MR) is 150 cm³/mol. The van der Waals surface area contributed by atoms with E-state index in [2.05, 4.69) is 52.9 Å². The van der Waals surface area contributed by atoms with Crippen molar-refractivity contribution >= 4 is 17.5 Å². The molecule has 0 aromatic heterocycles. The van der Waals surface area contributed by atoms with Gasteiger partial charge in [-0.15, -0.1) is 0 Å². The molecule has 0 heterocycles. The van der Waals surface area contributed by atoms with Gasteiger partial charge < -0.3 is 5.32 Å². The van der Waals surface area contributed by atoms with Crippen LogP contribution in [0.2, 0.25) is 0 Å². The molecule has 0 bridgehead atoms. The molecule has 2 fully saturated rings. The number of hydrogen-bond donors (Lipinski definition) is 1. The number of nitrogens with one attached hydrogen (secondary N) is 1. The number of allylic oxidation sites excluding steroid dienone is 4. The van der Waals surface area contributed by atoms with Crippen molar-refractivity contribution in [2.24, 2.45) is 38.9 Å². The van der Waals surface area contributed by atoms with Crippen LogP contribution in [-0.4, -0.2) is 23.0 Å². The Morgan fingerprint density at radius 1 is 0.921 bits per heavy atom. The van der Waals surface area contributed by atoms with Gasteiger partial charge in [-0.25, -0.2) is 0 Å². The fourth-order valence-electron chi connectivity index (χ4n) is 9.14. The maximum atomic E-state index is 14.1. The number of nitrogens with zero attached hydrogens (tertiary/aromatic N) is 1. The minimum absolute atomic E-state index is 0.00752. The average molecular weight is 521 g/mol. The Hall–Kier alpha value is -2.22. The summed E-state index contributed by atoms with van der Waals surface area (Å²) in [5.74, 6) is 0.0563. The van der Waals surface area contributed by atoms with Crippen LogP contribution in [0.15, 0.2) is 23.3 Å². The quantitative estimate of drug-likeness (QED) is 0.408. The van der Waals surface area contributed by atoms with E-state index in [0.29, 0.717) is 0 Å². The molecular weight excluding hydrogens is 472 g/mol. The highest BCUT2D eigenvalue weighted by molar-refractivity contribution is 6.04. The second kappa shape index (κ2) is 8.90. The second-order valence-corrected chi connectivity index (χ2v) is 15.3. The summed E-state index contributed by atoms with van der Waals surface area (Å²) >= 11 is 0. The molecule has 5 heteroatoms. The lowest BCUT2D eigenvalue weighted by atomic mass is 9.38. The first-order valence-corrected chi connectivity index (χ1v) is 14.6. The molecule has 0 aliphatic heterocycles. The van der Waals surface area contributed by atoms with E-state index in [0.717, 1.165) is 56.9 Å². The number of Topliss-reactive ketones (excluding diaryl/α,β-unsaturated/α-hetero) is 1.